The van der Waals surface area contributed by atoms with Crippen molar-refractivity contribution >= 4 is 25.7 Å². The van der Waals surface area contributed by atoms with E-state index in [1.165, 1.54) is 0 Å². The van der Waals surface area contributed by atoms with Crippen LogP contribution in [0.25, 0.3) is 0 Å². The van der Waals surface area contributed by atoms with Gasteiger partial charge in [0.05, 0.1) is 15.4 Å². The summed E-state index contributed by atoms with van der Waals surface area (Å²) < 4.78 is 91.1. The zero-order valence-corrected chi connectivity index (χ0v) is 15.3. The van der Waals surface area contributed by atoms with Crippen LogP contribution in [-0.2, 0) is 26.2 Å². The monoisotopic (exact) mass is 420 g/mol. The van der Waals surface area contributed by atoms with Gasteiger partial charge >= 0.3 is 6.18 Å². The molecule has 3 rings (SSSR count). The quantitative estimate of drug-likeness (QED) is 0.752. The van der Waals surface area contributed by atoms with Gasteiger partial charge in [-0.05, 0) is 61.4 Å². The first-order valence-corrected chi connectivity index (χ1v) is 10.8. The summed E-state index contributed by atoms with van der Waals surface area (Å²) in [5, 5.41) is 0. The van der Waals surface area contributed by atoms with Gasteiger partial charge in [0.15, 0.2) is 0 Å². The summed E-state index contributed by atoms with van der Waals surface area (Å²) in [7, 11) is -7.79. The van der Waals surface area contributed by atoms with Gasteiger partial charge in [0.25, 0.3) is 10.0 Å². The average molecular weight is 420 g/mol. The Kier molecular flexibility index (Phi) is 4.95. The largest absolute Gasteiger partial charge is 0.416 e. The molecule has 0 atom stereocenters. The maximum absolute atomic E-state index is 12.5. The summed E-state index contributed by atoms with van der Waals surface area (Å²) in [5.41, 5.74) is -0.946. The van der Waals surface area contributed by atoms with Crippen LogP contribution in [0.5, 0.6) is 0 Å². The van der Waals surface area contributed by atoms with Gasteiger partial charge in [-0.1, -0.05) is 0 Å². The third-order valence-corrected chi connectivity index (χ3v) is 6.74. The van der Waals surface area contributed by atoms with Crippen molar-refractivity contribution in [2.24, 2.45) is 0 Å². The van der Waals surface area contributed by atoms with Gasteiger partial charge in [-0.3, -0.25) is 4.72 Å². The molecule has 27 heavy (non-hydrogen) atoms. The lowest BCUT2D eigenvalue weighted by atomic mass is 10.2. The fourth-order valence-corrected chi connectivity index (χ4v) is 4.59. The van der Waals surface area contributed by atoms with Crippen LogP contribution in [0.4, 0.5) is 18.9 Å². The standard InChI is InChI=1S/C16H15F3N2O4S2/c17-16(18,19)11-1-3-12(4-2-11)20-26(22,23)14-7-9-15(10-8-14)27(24,25)21-13-5-6-13/h1-4,7-10,13,20-21H,5-6H2. The van der Waals surface area contributed by atoms with E-state index in [1.807, 2.05) is 0 Å². The highest BCUT2D eigenvalue weighted by molar-refractivity contribution is 7.92. The second-order valence-electron chi connectivity index (χ2n) is 6.05. The van der Waals surface area contributed by atoms with Crippen LogP contribution in [0.1, 0.15) is 18.4 Å². The van der Waals surface area contributed by atoms with E-state index < -0.39 is 31.8 Å². The average Bonchev–Trinajstić information content (AvgIpc) is 3.37. The Hall–Kier alpha value is -2.11. The highest BCUT2D eigenvalue weighted by Crippen LogP contribution is 2.30. The molecule has 2 N–H and O–H groups in total. The Balaban J connectivity index is 1.76. The first kappa shape index (κ1) is 19.6. The fourth-order valence-electron chi connectivity index (χ4n) is 2.23. The molecular weight excluding hydrogens is 405 g/mol. The van der Waals surface area contributed by atoms with Gasteiger partial charge in [0.1, 0.15) is 0 Å². The molecule has 2 aromatic carbocycles. The summed E-state index contributed by atoms with van der Waals surface area (Å²) in [6.07, 6.45) is -2.99. The van der Waals surface area contributed by atoms with E-state index in [1.54, 1.807) is 0 Å². The van der Waals surface area contributed by atoms with Gasteiger partial charge in [0.2, 0.25) is 10.0 Å². The number of rotatable bonds is 6. The number of anilines is 1. The molecule has 1 aliphatic carbocycles. The molecular formula is C16H15F3N2O4S2. The Morgan fingerprint density at radius 2 is 1.26 bits per heavy atom. The number of alkyl halides is 3. The van der Waals surface area contributed by atoms with Crippen LogP contribution in [0, 0.1) is 0 Å². The SMILES string of the molecule is O=S(=O)(Nc1ccc(C(F)(F)F)cc1)c1ccc(S(=O)(=O)NC2CC2)cc1. The van der Waals surface area contributed by atoms with E-state index in [2.05, 4.69) is 9.44 Å². The van der Waals surface area contributed by atoms with E-state index in [-0.39, 0.29) is 21.5 Å². The van der Waals surface area contributed by atoms with E-state index in [9.17, 15) is 30.0 Å². The first-order chi connectivity index (χ1) is 12.5. The highest BCUT2D eigenvalue weighted by atomic mass is 32.2. The number of sulfonamides is 2. The van der Waals surface area contributed by atoms with Gasteiger partial charge in [-0.25, -0.2) is 21.6 Å². The second-order valence-corrected chi connectivity index (χ2v) is 9.44. The third kappa shape index (κ3) is 4.79. The second kappa shape index (κ2) is 6.80. The molecule has 146 valence electrons. The Morgan fingerprint density at radius 1 is 0.778 bits per heavy atom. The molecule has 0 radical (unpaired) electrons. The van der Waals surface area contributed by atoms with Crippen molar-refractivity contribution < 1.29 is 30.0 Å². The zero-order valence-electron chi connectivity index (χ0n) is 13.7. The number of nitrogens with one attached hydrogen (secondary N) is 2. The maximum atomic E-state index is 12.5. The van der Waals surface area contributed by atoms with Crippen LogP contribution in [0.3, 0.4) is 0 Å². The van der Waals surface area contributed by atoms with Crippen LogP contribution in [0.2, 0.25) is 0 Å². The summed E-state index contributed by atoms with van der Waals surface area (Å²) >= 11 is 0. The van der Waals surface area contributed by atoms with Crippen LogP contribution < -0.4 is 9.44 Å². The predicted molar refractivity (Wildman–Crippen MR) is 92.0 cm³/mol. The van der Waals surface area contributed by atoms with Gasteiger partial charge in [0, 0.05) is 11.7 Å². The highest BCUT2D eigenvalue weighted by Gasteiger charge is 2.30. The van der Waals surface area contributed by atoms with E-state index in [0.717, 1.165) is 61.4 Å². The molecule has 1 saturated carbocycles. The van der Waals surface area contributed by atoms with Crippen molar-refractivity contribution in [2.45, 2.75) is 34.9 Å². The molecule has 11 heteroatoms. The molecule has 0 unspecified atom stereocenters. The molecule has 2 aromatic rings. The van der Waals surface area contributed by atoms with E-state index in [0.29, 0.717) is 0 Å². The van der Waals surface area contributed by atoms with E-state index >= 15 is 0 Å². The molecule has 0 aliphatic heterocycles. The van der Waals surface area contributed by atoms with Crippen LogP contribution in [-0.4, -0.2) is 22.9 Å². The molecule has 0 bridgehead atoms. The van der Waals surface area contributed by atoms with Gasteiger partial charge < -0.3 is 0 Å². The molecule has 6 nitrogen and oxygen atoms in total. The van der Waals surface area contributed by atoms with Crippen molar-refractivity contribution in [2.75, 3.05) is 4.72 Å². The summed E-state index contributed by atoms with van der Waals surface area (Å²) in [5.74, 6) is 0. The Morgan fingerprint density at radius 3 is 1.70 bits per heavy atom. The third-order valence-electron chi connectivity index (χ3n) is 3.81. The summed E-state index contributed by atoms with van der Waals surface area (Å²) in [6, 6.07) is 7.99. The van der Waals surface area contributed by atoms with Gasteiger partial charge in [-0.15, -0.1) is 0 Å². The van der Waals surface area contributed by atoms with Crippen molar-refractivity contribution in [1.29, 1.82) is 0 Å². The van der Waals surface area contributed by atoms with Gasteiger partial charge in [-0.2, -0.15) is 13.2 Å². The van der Waals surface area contributed by atoms with Crippen molar-refractivity contribution in [3.8, 4) is 0 Å². The molecule has 0 spiro atoms. The lowest BCUT2D eigenvalue weighted by Crippen LogP contribution is -2.25. The lowest BCUT2D eigenvalue weighted by Gasteiger charge is -2.11. The van der Waals surface area contributed by atoms with Crippen molar-refractivity contribution in [3.05, 3.63) is 54.1 Å². The Labute approximate surface area is 154 Å². The Bertz CT molecular complexity index is 1030. The topological polar surface area (TPSA) is 92.3 Å². The molecule has 0 heterocycles. The maximum Gasteiger partial charge on any atom is 0.416 e. The summed E-state index contributed by atoms with van der Waals surface area (Å²) in [4.78, 5) is -0.282. The fraction of sp³-hybridized carbons (Fsp3) is 0.250. The minimum absolute atomic E-state index is 0.0462. The number of hydrogen-bond donors (Lipinski definition) is 2. The van der Waals surface area contributed by atoms with Crippen molar-refractivity contribution in [1.82, 2.24) is 4.72 Å². The normalized spacial score (nSPS) is 15.5. The molecule has 0 aromatic heterocycles. The smallest absolute Gasteiger partial charge is 0.280 e. The number of halogens is 3. The van der Waals surface area contributed by atoms with Crippen molar-refractivity contribution in [3.63, 3.8) is 0 Å². The molecule has 0 amide bonds. The predicted octanol–water partition coefficient (Wildman–Crippen LogP) is 2.95. The molecule has 0 saturated heterocycles. The zero-order chi connectivity index (χ0) is 19.9. The lowest BCUT2D eigenvalue weighted by molar-refractivity contribution is -0.137. The molecule has 1 fully saturated rings. The van der Waals surface area contributed by atoms with E-state index in [4.69, 9.17) is 0 Å². The van der Waals surface area contributed by atoms with Crippen LogP contribution >= 0.6 is 0 Å². The minimum Gasteiger partial charge on any atom is -0.280 e. The van der Waals surface area contributed by atoms with Crippen LogP contribution in [0.15, 0.2) is 58.3 Å². The summed E-state index contributed by atoms with van der Waals surface area (Å²) in [6.45, 7) is 0. The first-order valence-electron chi connectivity index (χ1n) is 7.80. The molecule has 1 aliphatic rings. The number of hydrogen-bond acceptors (Lipinski definition) is 4. The minimum atomic E-state index is -4.52. The number of benzene rings is 2.